The first-order valence-electron chi connectivity index (χ1n) is 6.48. The molecule has 0 N–H and O–H groups in total. The van der Waals surface area contributed by atoms with E-state index in [-0.39, 0.29) is 17.8 Å². The lowest BCUT2D eigenvalue weighted by Crippen LogP contribution is -2.43. The molecule has 3 rings (SSSR count). The van der Waals surface area contributed by atoms with Gasteiger partial charge in [0.05, 0.1) is 18.1 Å². The van der Waals surface area contributed by atoms with Crippen LogP contribution in [0.25, 0.3) is 0 Å². The van der Waals surface area contributed by atoms with E-state index in [1.807, 2.05) is 30.3 Å². The molecule has 94 valence electrons. The van der Waals surface area contributed by atoms with Crippen molar-refractivity contribution in [3.05, 3.63) is 60.2 Å². The van der Waals surface area contributed by atoms with E-state index < -0.39 is 0 Å². The molecule has 0 radical (unpaired) electrons. The zero-order chi connectivity index (χ0) is 12.4. The second-order valence-electron chi connectivity index (χ2n) is 4.98. The Kier molecular flexibility index (Phi) is 3.06. The van der Waals surface area contributed by atoms with E-state index in [0.717, 1.165) is 12.0 Å². The number of ether oxygens (including phenoxy) is 2. The van der Waals surface area contributed by atoms with E-state index in [1.165, 1.54) is 0 Å². The van der Waals surface area contributed by atoms with Gasteiger partial charge in [-0.05, 0) is 13.3 Å². The molecule has 1 saturated heterocycles. The summed E-state index contributed by atoms with van der Waals surface area (Å²) in [6.45, 7) is 2.80. The van der Waals surface area contributed by atoms with Crippen molar-refractivity contribution < 1.29 is 9.47 Å². The highest BCUT2D eigenvalue weighted by Gasteiger charge is 2.40. The molecule has 0 amide bonds. The molecule has 1 spiro atoms. The third kappa shape index (κ3) is 2.02. The standard InChI is InChI=1S/C16H18O2/c1-13-16(10-6-3-7-11-16)12-17-15(18-13)14-8-4-2-5-9-14/h2,4-11,13,15H,3,12H2,1H3/t13-,15+/m1/s1. The van der Waals surface area contributed by atoms with Crippen molar-refractivity contribution in [3.63, 3.8) is 0 Å². The van der Waals surface area contributed by atoms with Gasteiger partial charge in [0, 0.05) is 5.56 Å². The molecule has 1 aliphatic heterocycles. The maximum absolute atomic E-state index is 6.04. The molecule has 2 heteroatoms. The second kappa shape index (κ2) is 4.71. The van der Waals surface area contributed by atoms with Crippen molar-refractivity contribution in [2.75, 3.05) is 6.61 Å². The highest BCUT2D eigenvalue weighted by Crippen LogP contribution is 2.40. The number of hydrogen-bond acceptors (Lipinski definition) is 2. The fraction of sp³-hybridized carbons (Fsp3) is 0.375. The largest absolute Gasteiger partial charge is 0.347 e. The van der Waals surface area contributed by atoms with Crippen LogP contribution < -0.4 is 0 Å². The molecule has 18 heavy (non-hydrogen) atoms. The summed E-state index contributed by atoms with van der Waals surface area (Å²) in [7, 11) is 0. The van der Waals surface area contributed by atoms with E-state index >= 15 is 0 Å². The highest BCUT2D eigenvalue weighted by atomic mass is 16.7. The van der Waals surface area contributed by atoms with E-state index in [0.29, 0.717) is 6.61 Å². The molecule has 0 aromatic heterocycles. The summed E-state index contributed by atoms with van der Waals surface area (Å²) in [5, 5.41) is 0. The number of rotatable bonds is 1. The fourth-order valence-corrected chi connectivity index (χ4v) is 2.55. The molecule has 1 aliphatic carbocycles. The van der Waals surface area contributed by atoms with Crippen molar-refractivity contribution in [1.29, 1.82) is 0 Å². The number of allylic oxidation sites excluding steroid dienone is 2. The van der Waals surface area contributed by atoms with Gasteiger partial charge in [-0.1, -0.05) is 54.6 Å². The predicted octanol–water partition coefficient (Wildman–Crippen LogP) is 3.62. The summed E-state index contributed by atoms with van der Waals surface area (Å²) in [5.41, 5.74) is 1.01. The quantitative estimate of drug-likeness (QED) is 0.700. The van der Waals surface area contributed by atoms with Gasteiger partial charge in [0.15, 0.2) is 6.29 Å². The second-order valence-corrected chi connectivity index (χ2v) is 4.98. The van der Waals surface area contributed by atoms with Crippen LogP contribution in [0.15, 0.2) is 54.6 Å². The Hall–Kier alpha value is -1.38. The molecule has 0 unspecified atom stereocenters. The Morgan fingerprint density at radius 3 is 2.50 bits per heavy atom. The summed E-state index contributed by atoms with van der Waals surface area (Å²) in [6, 6.07) is 10.1. The minimum atomic E-state index is -0.240. The molecule has 1 aromatic rings. The third-order valence-corrected chi connectivity index (χ3v) is 3.77. The van der Waals surface area contributed by atoms with Crippen LogP contribution in [0.2, 0.25) is 0 Å². The van der Waals surface area contributed by atoms with Crippen LogP contribution in [0.5, 0.6) is 0 Å². The van der Waals surface area contributed by atoms with Crippen molar-refractivity contribution in [2.45, 2.75) is 25.7 Å². The van der Waals surface area contributed by atoms with Crippen LogP contribution in [0, 0.1) is 5.41 Å². The molecule has 2 aliphatic rings. The Balaban J connectivity index is 1.78. The van der Waals surface area contributed by atoms with Gasteiger partial charge < -0.3 is 9.47 Å². The Bertz CT molecular complexity index is 449. The Labute approximate surface area is 108 Å². The Morgan fingerprint density at radius 2 is 1.83 bits per heavy atom. The first kappa shape index (κ1) is 11.7. The van der Waals surface area contributed by atoms with E-state index in [9.17, 15) is 0 Å². The van der Waals surface area contributed by atoms with Crippen LogP contribution in [-0.2, 0) is 9.47 Å². The van der Waals surface area contributed by atoms with E-state index in [1.54, 1.807) is 0 Å². The minimum absolute atomic E-state index is 0.0798. The number of hydrogen-bond donors (Lipinski definition) is 0. The normalized spacial score (nSPS) is 29.6. The van der Waals surface area contributed by atoms with Crippen LogP contribution in [-0.4, -0.2) is 12.7 Å². The molecule has 1 aromatic carbocycles. The van der Waals surface area contributed by atoms with Gasteiger partial charge in [-0.25, -0.2) is 0 Å². The predicted molar refractivity (Wildman–Crippen MR) is 71.0 cm³/mol. The highest BCUT2D eigenvalue weighted by molar-refractivity contribution is 5.22. The van der Waals surface area contributed by atoms with Crippen LogP contribution in [0.4, 0.5) is 0 Å². The lowest BCUT2D eigenvalue weighted by atomic mass is 9.79. The summed E-state index contributed by atoms with van der Waals surface area (Å²) in [5.74, 6) is 0. The lowest BCUT2D eigenvalue weighted by Gasteiger charge is -2.42. The first-order chi connectivity index (χ1) is 8.80. The maximum Gasteiger partial charge on any atom is 0.184 e. The van der Waals surface area contributed by atoms with Gasteiger partial charge in [-0.2, -0.15) is 0 Å². The third-order valence-electron chi connectivity index (χ3n) is 3.77. The van der Waals surface area contributed by atoms with Gasteiger partial charge in [0.1, 0.15) is 0 Å². The average Bonchev–Trinajstić information content (AvgIpc) is 2.44. The molecule has 2 atom stereocenters. The zero-order valence-corrected chi connectivity index (χ0v) is 10.6. The van der Waals surface area contributed by atoms with Gasteiger partial charge in [-0.3, -0.25) is 0 Å². The van der Waals surface area contributed by atoms with Gasteiger partial charge >= 0.3 is 0 Å². The van der Waals surface area contributed by atoms with Gasteiger partial charge in [0.25, 0.3) is 0 Å². The summed E-state index contributed by atoms with van der Waals surface area (Å²) >= 11 is 0. The van der Waals surface area contributed by atoms with Gasteiger partial charge in [0.2, 0.25) is 0 Å². The molecular formula is C16H18O2. The molecular weight excluding hydrogens is 224 g/mol. The van der Waals surface area contributed by atoms with Crippen molar-refractivity contribution in [3.8, 4) is 0 Å². The van der Waals surface area contributed by atoms with Crippen molar-refractivity contribution in [1.82, 2.24) is 0 Å². The van der Waals surface area contributed by atoms with E-state index in [2.05, 4.69) is 31.2 Å². The van der Waals surface area contributed by atoms with Crippen LogP contribution in [0.1, 0.15) is 25.2 Å². The number of benzene rings is 1. The minimum Gasteiger partial charge on any atom is -0.347 e. The average molecular weight is 242 g/mol. The summed E-state index contributed by atoms with van der Waals surface area (Å²) in [4.78, 5) is 0. The summed E-state index contributed by atoms with van der Waals surface area (Å²) in [6.07, 6.45) is 9.71. The maximum atomic E-state index is 6.04. The van der Waals surface area contributed by atoms with Crippen molar-refractivity contribution >= 4 is 0 Å². The van der Waals surface area contributed by atoms with Crippen LogP contribution >= 0.6 is 0 Å². The first-order valence-corrected chi connectivity index (χ1v) is 6.48. The molecule has 0 bridgehead atoms. The fourth-order valence-electron chi connectivity index (χ4n) is 2.55. The monoisotopic (exact) mass is 242 g/mol. The molecule has 2 nitrogen and oxygen atoms in total. The zero-order valence-electron chi connectivity index (χ0n) is 10.6. The van der Waals surface area contributed by atoms with Crippen LogP contribution in [0.3, 0.4) is 0 Å². The SMILES string of the molecule is C[C@H]1O[C@@H](c2ccccc2)OCC12C=CCC=C2. The molecule has 1 heterocycles. The van der Waals surface area contributed by atoms with Gasteiger partial charge in [-0.15, -0.1) is 0 Å². The van der Waals surface area contributed by atoms with Crippen molar-refractivity contribution in [2.24, 2.45) is 5.41 Å². The Morgan fingerprint density at radius 1 is 1.11 bits per heavy atom. The lowest BCUT2D eigenvalue weighted by molar-refractivity contribution is -0.245. The summed E-state index contributed by atoms with van der Waals surface area (Å²) < 4.78 is 11.9. The topological polar surface area (TPSA) is 18.5 Å². The molecule has 0 saturated carbocycles. The smallest absolute Gasteiger partial charge is 0.184 e. The molecule has 1 fully saturated rings. The van der Waals surface area contributed by atoms with E-state index in [4.69, 9.17) is 9.47 Å².